The lowest BCUT2D eigenvalue weighted by molar-refractivity contribution is -0.127. The van der Waals surface area contributed by atoms with Gasteiger partial charge < -0.3 is 13.6 Å². The number of ether oxygens (including phenoxy) is 1. The van der Waals surface area contributed by atoms with E-state index in [0.29, 0.717) is 12.2 Å². The third kappa shape index (κ3) is 6.63. The maximum atomic E-state index is 15.0. The molecule has 0 spiro atoms. The summed E-state index contributed by atoms with van der Waals surface area (Å²) >= 11 is 0. The molecule has 12 aromatic rings. The van der Waals surface area contributed by atoms with E-state index < -0.39 is 0 Å². The van der Waals surface area contributed by atoms with Crippen LogP contribution in [0.3, 0.4) is 0 Å². The first kappa shape index (κ1) is 44.3. The number of carbonyl (C=O) groups is 1. The second kappa shape index (κ2) is 17.1. The van der Waals surface area contributed by atoms with Crippen LogP contribution >= 0.6 is 0 Å². The standard InChI is InChI=1S/C72H48N3O4/c76-70-53-23-9-14-32-67(53)77-68-40-59-55(37-60(68)70)54-35-42(46-24-15-26-51-49-21-7-12-30-65(49)78-71(46)51)33-34-48(54)56-38-63-64(75(45-19-5-2-6-20-45)62-29-11-10-28-61(62)74(63)44-17-3-1-4-18-44)39-57(56)58-36-43(41-73-69(58)59)47-25-16-27-52-50-22-8-13-31-66(50)79-72(47)52/h1-8,10-13,15-22,24-31,33-36,38-41,53,67H,9,14,23,32,37H2/q+1. The van der Waals surface area contributed by atoms with Crippen molar-refractivity contribution in [2.75, 3.05) is 4.90 Å². The highest BCUT2D eigenvalue weighted by Gasteiger charge is 2.42. The molecule has 5 heterocycles. The number of hydrogen-bond donors (Lipinski definition) is 0. The molecule has 2 aliphatic heterocycles. The lowest BCUT2D eigenvalue weighted by Crippen LogP contribution is -2.39. The van der Waals surface area contributed by atoms with Gasteiger partial charge in [0, 0.05) is 97.5 Å². The number of furan rings is 2. The van der Waals surface area contributed by atoms with E-state index >= 15 is 4.79 Å². The SMILES string of the molecule is O=C1C2=C(C=C3C(=c4cc(-c5cccc6c5oc5ccccc56)ccc4=c4cc5c(cc4-c4cc(-c6cccc7c6oc6ccccc67)cnc43)=[N+](c3ccccc3)c3ccccc3N5c3ccccc3)C2)OC2CCCCC12. The van der Waals surface area contributed by atoms with E-state index in [0.717, 1.165) is 175 Å². The van der Waals surface area contributed by atoms with Gasteiger partial charge in [-0.05, 0) is 106 Å². The minimum Gasteiger partial charge on any atom is -0.489 e. The van der Waals surface area contributed by atoms with E-state index in [1.54, 1.807) is 0 Å². The van der Waals surface area contributed by atoms with Gasteiger partial charge in [-0.25, -0.2) is 0 Å². The molecule has 7 nitrogen and oxygen atoms in total. The second-order valence-electron chi connectivity index (χ2n) is 21.6. The van der Waals surface area contributed by atoms with Gasteiger partial charge in [0.05, 0.1) is 11.6 Å². The van der Waals surface area contributed by atoms with Gasteiger partial charge in [0.1, 0.15) is 45.6 Å². The van der Waals surface area contributed by atoms with Crippen molar-refractivity contribution < 1.29 is 18.4 Å². The lowest BCUT2D eigenvalue weighted by atomic mass is 9.74. The number of hydrogen-bond acceptors (Lipinski definition) is 6. The van der Waals surface area contributed by atoms with Gasteiger partial charge in [0.15, 0.2) is 5.78 Å². The van der Waals surface area contributed by atoms with Gasteiger partial charge in [-0.15, -0.1) is 4.58 Å². The molecule has 0 bridgehead atoms. The van der Waals surface area contributed by atoms with Crippen LogP contribution in [0.1, 0.15) is 37.8 Å². The molecule has 9 aromatic carbocycles. The molecule has 17 rings (SSSR count). The number of ketones is 1. The summed E-state index contributed by atoms with van der Waals surface area (Å²) in [6, 6.07) is 73.5. The monoisotopic (exact) mass is 1020 g/mol. The Labute approximate surface area is 453 Å². The van der Waals surface area contributed by atoms with Crippen molar-refractivity contribution in [3.63, 3.8) is 0 Å². The molecule has 2 atom stereocenters. The van der Waals surface area contributed by atoms with E-state index in [9.17, 15) is 0 Å². The molecule has 0 amide bonds. The number of Topliss-reactive ketones (excluding diaryl/α,β-unsaturated/α-hetero) is 1. The average Bonchev–Trinajstić information content (AvgIpc) is 4.27. The van der Waals surface area contributed by atoms with Crippen LogP contribution in [-0.4, -0.2) is 16.9 Å². The van der Waals surface area contributed by atoms with E-state index in [2.05, 4.69) is 198 Å². The van der Waals surface area contributed by atoms with E-state index in [-0.39, 0.29) is 17.8 Å². The number of anilines is 3. The van der Waals surface area contributed by atoms with Crippen LogP contribution in [0.5, 0.6) is 0 Å². The van der Waals surface area contributed by atoms with Crippen LogP contribution in [0, 0.1) is 16.4 Å². The van der Waals surface area contributed by atoms with Crippen molar-refractivity contribution in [2.24, 2.45) is 5.92 Å². The third-order valence-electron chi connectivity index (χ3n) is 17.4. The number of benzene rings is 9. The molecule has 3 aromatic heterocycles. The average molecular weight is 1020 g/mol. The molecule has 5 aliphatic rings. The number of carbonyl (C=O) groups excluding carboxylic acids is 1. The summed E-state index contributed by atoms with van der Waals surface area (Å²) in [7, 11) is 0. The summed E-state index contributed by atoms with van der Waals surface area (Å²) < 4.78 is 22.9. The van der Waals surface area contributed by atoms with Crippen molar-refractivity contribution in [3.05, 3.63) is 257 Å². The Kier molecular flexibility index (Phi) is 9.57. The summed E-state index contributed by atoms with van der Waals surface area (Å²) in [5, 5.41) is 8.44. The molecule has 0 N–H and O–H groups in total. The van der Waals surface area contributed by atoms with Crippen LogP contribution < -0.4 is 20.1 Å². The van der Waals surface area contributed by atoms with Gasteiger partial charge in [-0.3, -0.25) is 14.7 Å². The van der Waals surface area contributed by atoms with Crippen LogP contribution in [0.25, 0.3) is 88.4 Å². The first-order chi connectivity index (χ1) is 39.1. The Morgan fingerprint density at radius 3 is 1.96 bits per heavy atom. The number of aromatic nitrogens is 1. The Balaban J connectivity index is 1.05. The van der Waals surface area contributed by atoms with Crippen LogP contribution in [0.4, 0.5) is 28.4 Å². The summed E-state index contributed by atoms with van der Waals surface area (Å²) in [5.41, 5.74) is 18.1. The maximum absolute atomic E-state index is 15.0. The summed E-state index contributed by atoms with van der Waals surface area (Å²) in [5.74, 6) is 0.751. The van der Waals surface area contributed by atoms with Crippen molar-refractivity contribution in [3.8, 4) is 33.4 Å². The second-order valence-corrected chi connectivity index (χ2v) is 21.6. The quantitative estimate of drug-likeness (QED) is 0.164. The van der Waals surface area contributed by atoms with E-state index in [4.69, 9.17) is 18.6 Å². The normalized spacial score (nSPS) is 17.2. The van der Waals surface area contributed by atoms with Gasteiger partial charge in [-0.2, -0.15) is 0 Å². The third-order valence-corrected chi connectivity index (χ3v) is 17.4. The molecule has 1 saturated carbocycles. The predicted octanol–water partition coefficient (Wildman–Crippen LogP) is 16.5. The number of allylic oxidation sites excluding steroid dienone is 3. The molecular weight excluding hydrogens is 971 g/mol. The maximum Gasteiger partial charge on any atom is 0.236 e. The molecule has 3 aliphatic carbocycles. The molecule has 0 radical (unpaired) electrons. The predicted molar refractivity (Wildman–Crippen MR) is 315 cm³/mol. The summed E-state index contributed by atoms with van der Waals surface area (Å²) in [6.45, 7) is 0. The van der Waals surface area contributed by atoms with E-state index in [1.807, 2.05) is 30.5 Å². The summed E-state index contributed by atoms with van der Waals surface area (Å²) in [4.78, 5) is 23.1. The van der Waals surface area contributed by atoms with Crippen LogP contribution in [-0.2, 0) is 9.53 Å². The van der Waals surface area contributed by atoms with Gasteiger partial charge >= 0.3 is 0 Å². The fraction of sp³-hybridized carbons (Fsp3) is 0.0972. The number of rotatable bonds is 4. The zero-order valence-electron chi connectivity index (χ0n) is 42.9. The topological polar surface area (TPSA) is 71.7 Å². The Morgan fingerprint density at radius 1 is 0.519 bits per heavy atom. The highest BCUT2D eigenvalue weighted by Crippen LogP contribution is 2.49. The van der Waals surface area contributed by atoms with Crippen molar-refractivity contribution >= 4 is 89.2 Å². The molecule has 2 unspecified atom stereocenters. The largest absolute Gasteiger partial charge is 0.489 e. The number of nitrogens with zero attached hydrogens (tertiary/aromatic N) is 3. The Morgan fingerprint density at radius 2 is 1.19 bits per heavy atom. The fourth-order valence-corrected chi connectivity index (χ4v) is 13.7. The van der Waals surface area contributed by atoms with Gasteiger partial charge in [0.2, 0.25) is 16.7 Å². The lowest BCUT2D eigenvalue weighted by Gasteiger charge is -2.38. The zero-order chi connectivity index (χ0) is 51.9. The van der Waals surface area contributed by atoms with E-state index in [1.165, 1.54) is 0 Å². The molecular formula is C72H48N3O4+. The van der Waals surface area contributed by atoms with Crippen LogP contribution in [0.15, 0.2) is 239 Å². The van der Waals surface area contributed by atoms with Crippen molar-refractivity contribution in [1.29, 1.82) is 0 Å². The minimum absolute atomic E-state index is 0.138. The first-order valence-corrected chi connectivity index (χ1v) is 27.6. The zero-order valence-corrected chi connectivity index (χ0v) is 42.9. The van der Waals surface area contributed by atoms with Crippen LogP contribution in [0.2, 0.25) is 0 Å². The van der Waals surface area contributed by atoms with Gasteiger partial charge in [0.25, 0.3) is 0 Å². The first-order valence-electron chi connectivity index (χ1n) is 27.6. The summed E-state index contributed by atoms with van der Waals surface area (Å²) in [6.07, 6.45) is 8.24. The van der Waals surface area contributed by atoms with Crippen molar-refractivity contribution in [1.82, 2.24) is 9.56 Å². The van der Waals surface area contributed by atoms with Crippen molar-refractivity contribution in [2.45, 2.75) is 38.2 Å². The number of fused-ring (bicyclic) bond motifs is 15. The molecule has 0 saturated heterocycles. The molecule has 79 heavy (non-hydrogen) atoms. The smallest absolute Gasteiger partial charge is 0.236 e. The Bertz CT molecular complexity index is 4950. The highest BCUT2D eigenvalue weighted by atomic mass is 16.5. The number of para-hydroxylation sites is 8. The molecule has 7 heteroatoms. The van der Waals surface area contributed by atoms with Gasteiger partial charge in [-0.1, -0.05) is 140 Å². The number of pyridine rings is 1. The fourth-order valence-electron chi connectivity index (χ4n) is 13.7. The minimum atomic E-state index is -0.145. The molecule has 374 valence electrons. The highest BCUT2D eigenvalue weighted by molar-refractivity contribution is 6.13. The Hall–Kier alpha value is -9.85. The molecule has 1 fully saturated rings.